The summed E-state index contributed by atoms with van der Waals surface area (Å²) < 4.78 is 0. The van der Waals surface area contributed by atoms with Crippen LogP contribution in [0.25, 0.3) is 0 Å². The van der Waals surface area contributed by atoms with Crippen LogP contribution in [-0.2, 0) is 4.79 Å². The molecule has 0 rings (SSSR count). The van der Waals surface area contributed by atoms with Crippen molar-refractivity contribution in [2.45, 2.75) is 27.2 Å². The van der Waals surface area contributed by atoms with Crippen molar-refractivity contribution >= 4 is 5.78 Å². The predicted octanol–water partition coefficient (Wildman–Crippen LogP) is 2.06. The summed E-state index contributed by atoms with van der Waals surface area (Å²) in [7, 11) is 0. The van der Waals surface area contributed by atoms with Crippen molar-refractivity contribution in [2.75, 3.05) is 0 Å². The first-order valence-electron chi connectivity index (χ1n) is 3.42. The second kappa shape index (κ2) is 4.09. The van der Waals surface area contributed by atoms with Crippen LogP contribution < -0.4 is 0 Å². The highest BCUT2D eigenvalue weighted by Crippen LogP contribution is 2.10. The lowest BCUT2D eigenvalue weighted by Crippen LogP contribution is -2.00. The van der Waals surface area contributed by atoms with Crippen LogP contribution in [0.1, 0.15) is 27.2 Å². The van der Waals surface area contributed by atoms with Gasteiger partial charge in [-0.15, -0.1) is 0 Å². The third-order valence-electron chi connectivity index (χ3n) is 1.24. The fourth-order valence-electron chi connectivity index (χ4n) is 0.727. The Morgan fingerprint density at radius 3 is 2.20 bits per heavy atom. The van der Waals surface area contributed by atoms with Gasteiger partial charge in [0.05, 0.1) is 6.26 Å². The van der Waals surface area contributed by atoms with Crippen molar-refractivity contribution in [3.8, 4) is 0 Å². The van der Waals surface area contributed by atoms with Gasteiger partial charge in [0, 0.05) is 5.57 Å². The van der Waals surface area contributed by atoms with Gasteiger partial charge in [0.2, 0.25) is 0 Å². The number of carbonyl (C=O) groups is 1. The van der Waals surface area contributed by atoms with Crippen LogP contribution in [0.2, 0.25) is 0 Å². The Kier molecular flexibility index (Phi) is 3.77. The third kappa shape index (κ3) is 3.28. The van der Waals surface area contributed by atoms with Crippen molar-refractivity contribution < 1.29 is 9.90 Å². The summed E-state index contributed by atoms with van der Waals surface area (Å²) in [5, 5.41) is 8.56. The Morgan fingerprint density at radius 2 is 2.10 bits per heavy atom. The first kappa shape index (κ1) is 9.21. The Morgan fingerprint density at radius 1 is 1.60 bits per heavy atom. The first-order valence-corrected chi connectivity index (χ1v) is 3.42. The van der Waals surface area contributed by atoms with E-state index >= 15 is 0 Å². The monoisotopic (exact) mass is 142 g/mol. The molecule has 2 heteroatoms. The molecule has 10 heavy (non-hydrogen) atoms. The van der Waals surface area contributed by atoms with Crippen LogP contribution in [0, 0.1) is 5.92 Å². The van der Waals surface area contributed by atoms with Gasteiger partial charge in [0.25, 0.3) is 0 Å². The first-order chi connectivity index (χ1) is 4.57. The Bertz CT molecular complexity index is 145. The molecule has 0 spiro atoms. The van der Waals surface area contributed by atoms with Gasteiger partial charge in [-0.05, 0) is 19.3 Å². The molecule has 58 valence electrons. The molecule has 0 amide bonds. The van der Waals surface area contributed by atoms with Crippen molar-refractivity contribution in [1.29, 1.82) is 0 Å². The van der Waals surface area contributed by atoms with Crippen molar-refractivity contribution in [3.05, 3.63) is 11.8 Å². The molecule has 0 aliphatic carbocycles. The van der Waals surface area contributed by atoms with E-state index in [0.717, 1.165) is 6.26 Å². The van der Waals surface area contributed by atoms with Crippen molar-refractivity contribution in [1.82, 2.24) is 0 Å². The molecule has 0 radical (unpaired) electrons. The van der Waals surface area contributed by atoms with Gasteiger partial charge in [-0.2, -0.15) is 0 Å². The van der Waals surface area contributed by atoms with Gasteiger partial charge in [-0.3, -0.25) is 4.79 Å². The molecule has 0 fully saturated rings. The smallest absolute Gasteiger partial charge is 0.158 e. The minimum atomic E-state index is -0.0452. The zero-order chi connectivity index (χ0) is 8.15. The summed E-state index contributed by atoms with van der Waals surface area (Å²) in [6.45, 7) is 5.48. The normalized spacial score (nSPS) is 12.2. The standard InChI is InChI=1S/C8H14O2/c1-6(2)4-8(5-9)7(3)10/h5-6,9H,4H2,1-3H3/b8-5-. The molecule has 2 nitrogen and oxygen atoms in total. The highest BCUT2D eigenvalue weighted by atomic mass is 16.2. The van der Waals surface area contributed by atoms with E-state index in [-0.39, 0.29) is 5.78 Å². The second-order valence-corrected chi connectivity index (χ2v) is 2.81. The number of allylic oxidation sites excluding steroid dienone is 1. The summed E-state index contributed by atoms with van der Waals surface area (Å²) >= 11 is 0. The minimum Gasteiger partial charge on any atom is -0.515 e. The largest absolute Gasteiger partial charge is 0.515 e. The van der Waals surface area contributed by atoms with Crippen LogP contribution in [0.4, 0.5) is 0 Å². The van der Waals surface area contributed by atoms with Crippen LogP contribution in [-0.4, -0.2) is 10.9 Å². The zero-order valence-corrected chi connectivity index (χ0v) is 6.72. The Hall–Kier alpha value is -0.790. The molecule has 0 aromatic carbocycles. The summed E-state index contributed by atoms with van der Waals surface area (Å²) in [4.78, 5) is 10.7. The molecule has 0 aromatic rings. The molecule has 0 aromatic heterocycles. The maximum atomic E-state index is 10.7. The lowest BCUT2D eigenvalue weighted by molar-refractivity contribution is -0.113. The summed E-state index contributed by atoms with van der Waals surface area (Å²) in [5.41, 5.74) is 0.509. The molecule has 1 N–H and O–H groups in total. The number of aliphatic hydroxyl groups is 1. The average molecular weight is 142 g/mol. The second-order valence-electron chi connectivity index (χ2n) is 2.81. The van der Waals surface area contributed by atoms with E-state index in [1.807, 2.05) is 13.8 Å². The highest BCUT2D eigenvalue weighted by molar-refractivity contribution is 5.92. The highest BCUT2D eigenvalue weighted by Gasteiger charge is 2.05. The SMILES string of the molecule is CC(=O)/C(=C\O)CC(C)C. The van der Waals surface area contributed by atoms with Gasteiger partial charge < -0.3 is 5.11 Å². The maximum Gasteiger partial charge on any atom is 0.158 e. The van der Waals surface area contributed by atoms with E-state index in [1.54, 1.807) is 0 Å². The quantitative estimate of drug-likeness (QED) is 0.483. The molecular formula is C8H14O2. The van der Waals surface area contributed by atoms with E-state index in [0.29, 0.717) is 17.9 Å². The summed E-state index contributed by atoms with van der Waals surface area (Å²) in [5.74, 6) is 0.374. The molecule has 0 aliphatic rings. The number of aliphatic hydroxyl groups excluding tert-OH is 1. The molecule has 0 bridgehead atoms. The summed E-state index contributed by atoms with van der Waals surface area (Å²) in [6, 6.07) is 0. The Labute approximate surface area is 61.6 Å². The van der Waals surface area contributed by atoms with Gasteiger partial charge in [-0.1, -0.05) is 13.8 Å². The zero-order valence-electron chi connectivity index (χ0n) is 6.72. The maximum absolute atomic E-state index is 10.7. The number of rotatable bonds is 3. The molecule has 0 saturated heterocycles. The van der Waals surface area contributed by atoms with Crippen LogP contribution >= 0.6 is 0 Å². The Balaban J connectivity index is 3.99. The van der Waals surface area contributed by atoms with E-state index in [4.69, 9.17) is 5.11 Å². The number of hydrogen-bond donors (Lipinski definition) is 1. The van der Waals surface area contributed by atoms with Crippen molar-refractivity contribution in [3.63, 3.8) is 0 Å². The van der Waals surface area contributed by atoms with Gasteiger partial charge in [0.15, 0.2) is 5.78 Å². The molecule has 0 unspecified atom stereocenters. The minimum absolute atomic E-state index is 0.0452. The van der Waals surface area contributed by atoms with Crippen LogP contribution in [0.5, 0.6) is 0 Å². The molecule has 0 heterocycles. The summed E-state index contributed by atoms with van der Waals surface area (Å²) in [6.07, 6.45) is 1.56. The topological polar surface area (TPSA) is 37.3 Å². The number of ketones is 1. The van der Waals surface area contributed by atoms with E-state index < -0.39 is 0 Å². The van der Waals surface area contributed by atoms with E-state index in [1.165, 1.54) is 6.92 Å². The van der Waals surface area contributed by atoms with E-state index in [2.05, 4.69) is 0 Å². The third-order valence-corrected chi connectivity index (χ3v) is 1.24. The lowest BCUT2D eigenvalue weighted by atomic mass is 10.0. The van der Waals surface area contributed by atoms with Crippen LogP contribution in [0.3, 0.4) is 0 Å². The lowest BCUT2D eigenvalue weighted by Gasteiger charge is -2.03. The molecule has 0 atom stereocenters. The molecule has 0 saturated carbocycles. The van der Waals surface area contributed by atoms with Gasteiger partial charge >= 0.3 is 0 Å². The van der Waals surface area contributed by atoms with Crippen LogP contribution in [0.15, 0.2) is 11.8 Å². The molecular weight excluding hydrogens is 128 g/mol. The molecule has 0 aliphatic heterocycles. The predicted molar refractivity (Wildman–Crippen MR) is 40.8 cm³/mol. The van der Waals surface area contributed by atoms with E-state index in [9.17, 15) is 4.79 Å². The van der Waals surface area contributed by atoms with Crippen molar-refractivity contribution in [2.24, 2.45) is 5.92 Å². The fourth-order valence-corrected chi connectivity index (χ4v) is 0.727. The van der Waals surface area contributed by atoms with Gasteiger partial charge in [-0.25, -0.2) is 0 Å². The number of hydrogen-bond acceptors (Lipinski definition) is 2. The number of Topliss-reactive ketones (excluding diaryl/α,β-unsaturated/α-hetero) is 1. The van der Waals surface area contributed by atoms with Gasteiger partial charge in [0.1, 0.15) is 0 Å². The fraction of sp³-hybridized carbons (Fsp3) is 0.625. The average Bonchev–Trinajstić information content (AvgIpc) is 1.81. The number of carbonyl (C=O) groups excluding carboxylic acids is 1.